The summed E-state index contributed by atoms with van der Waals surface area (Å²) in [4.78, 5) is 6.95. The first-order valence-corrected chi connectivity index (χ1v) is 7.88. The third-order valence-corrected chi connectivity index (χ3v) is 3.71. The van der Waals surface area contributed by atoms with Crippen LogP contribution in [-0.4, -0.2) is 37.0 Å². The van der Waals surface area contributed by atoms with Gasteiger partial charge in [0.25, 0.3) is 0 Å². The number of H-pyrrole nitrogens is 1. The molecule has 0 aliphatic heterocycles. The van der Waals surface area contributed by atoms with Gasteiger partial charge in [-0.25, -0.2) is 4.99 Å². The van der Waals surface area contributed by atoms with Crippen LogP contribution in [0.25, 0.3) is 0 Å². The summed E-state index contributed by atoms with van der Waals surface area (Å²) < 4.78 is 11.2. The van der Waals surface area contributed by atoms with Gasteiger partial charge in [0.15, 0.2) is 0 Å². The minimum absolute atomic E-state index is 0.0352. The van der Waals surface area contributed by atoms with E-state index in [1.807, 2.05) is 42.5 Å². The number of aryl methyl sites for hydroxylation is 1. The van der Waals surface area contributed by atoms with E-state index in [0.29, 0.717) is 19.0 Å². The molecule has 2 aromatic rings. The van der Waals surface area contributed by atoms with E-state index < -0.39 is 0 Å². The smallest absolute Gasteiger partial charge is 0.148 e. The number of methoxy groups -OCH3 is 1. The molecule has 0 bridgehead atoms. The Kier molecular flexibility index (Phi) is 7.20. The Labute approximate surface area is 142 Å². The van der Waals surface area contributed by atoms with Gasteiger partial charge in [-0.1, -0.05) is 30.3 Å². The first-order valence-electron chi connectivity index (χ1n) is 7.88. The maximum atomic E-state index is 6.94. The molecule has 4 N–H and O–H groups in total. The van der Waals surface area contributed by atoms with Crippen molar-refractivity contribution in [3.05, 3.63) is 59.4 Å². The van der Waals surface area contributed by atoms with Crippen molar-refractivity contribution in [2.24, 2.45) is 10.7 Å². The maximum absolute atomic E-state index is 6.94. The highest BCUT2D eigenvalue weighted by molar-refractivity contribution is 5.99. The summed E-state index contributed by atoms with van der Waals surface area (Å²) in [5.41, 5.74) is 8.68. The lowest BCUT2D eigenvalue weighted by atomic mass is 10.1. The van der Waals surface area contributed by atoms with Crippen molar-refractivity contribution >= 4 is 12.2 Å². The van der Waals surface area contributed by atoms with E-state index >= 15 is 0 Å². The fraction of sp³-hybridized carbons (Fsp3) is 0.333. The number of nitrogens with two attached hydrogens (primary N) is 1. The highest BCUT2D eigenvalue weighted by atomic mass is 16.5. The molecule has 0 saturated carbocycles. The molecule has 6 heteroatoms. The van der Waals surface area contributed by atoms with Crippen LogP contribution in [0.2, 0.25) is 0 Å². The van der Waals surface area contributed by atoms with Gasteiger partial charge in [0.1, 0.15) is 12.2 Å². The molecule has 128 valence electrons. The van der Waals surface area contributed by atoms with Crippen LogP contribution >= 0.6 is 0 Å². The van der Waals surface area contributed by atoms with Gasteiger partial charge in [0.2, 0.25) is 0 Å². The Morgan fingerprint density at radius 1 is 1.29 bits per heavy atom. The standard InChI is InChI=1S/C18H24N4O2/c1-23-16(12-24-11-14-5-3-2-4-6-14)9-7-15-8-10-17(22-15)18(20)21-13-19/h2-6,8,10,13,16,22H,7,9,11-12H2,1H3,(H3,19,20,21). The second-order valence-electron chi connectivity index (χ2n) is 5.44. The zero-order valence-electron chi connectivity index (χ0n) is 13.9. The molecule has 0 fully saturated rings. The van der Waals surface area contributed by atoms with Crippen molar-refractivity contribution in [3.63, 3.8) is 0 Å². The van der Waals surface area contributed by atoms with Crippen LogP contribution < -0.4 is 5.73 Å². The number of rotatable bonds is 10. The van der Waals surface area contributed by atoms with Gasteiger partial charge in [0.05, 0.1) is 25.0 Å². The largest absolute Gasteiger partial charge is 0.382 e. The molecule has 0 spiro atoms. The van der Waals surface area contributed by atoms with Crippen LogP contribution in [-0.2, 0) is 22.5 Å². The summed E-state index contributed by atoms with van der Waals surface area (Å²) >= 11 is 0. The molecule has 0 amide bonds. The third kappa shape index (κ3) is 5.64. The molecule has 1 heterocycles. The predicted octanol–water partition coefficient (Wildman–Crippen LogP) is 2.49. The van der Waals surface area contributed by atoms with Crippen LogP contribution in [0.5, 0.6) is 0 Å². The third-order valence-electron chi connectivity index (χ3n) is 3.71. The summed E-state index contributed by atoms with van der Waals surface area (Å²) in [6, 6.07) is 13.9. The molecule has 24 heavy (non-hydrogen) atoms. The summed E-state index contributed by atoms with van der Waals surface area (Å²) in [6.07, 6.45) is 2.63. The van der Waals surface area contributed by atoms with Gasteiger partial charge in [-0.2, -0.15) is 0 Å². The zero-order valence-corrected chi connectivity index (χ0v) is 13.9. The lowest BCUT2D eigenvalue weighted by Crippen LogP contribution is -2.19. The number of amidine groups is 1. The lowest BCUT2D eigenvalue weighted by Gasteiger charge is -2.15. The number of ether oxygens (including phenoxy) is 2. The van der Waals surface area contributed by atoms with Crippen LogP contribution in [0, 0.1) is 5.41 Å². The Hall–Kier alpha value is -2.44. The maximum Gasteiger partial charge on any atom is 0.148 e. The molecule has 1 aromatic heterocycles. The Morgan fingerprint density at radius 2 is 2.08 bits per heavy atom. The van der Waals surface area contributed by atoms with E-state index in [9.17, 15) is 0 Å². The fourth-order valence-electron chi connectivity index (χ4n) is 2.34. The number of hydrogen-bond donors (Lipinski definition) is 3. The van der Waals surface area contributed by atoms with Crippen molar-refractivity contribution in [2.75, 3.05) is 13.7 Å². The van der Waals surface area contributed by atoms with Crippen molar-refractivity contribution in [1.82, 2.24) is 4.98 Å². The van der Waals surface area contributed by atoms with E-state index in [0.717, 1.165) is 36.1 Å². The summed E-state index contributed by atoms with van der Waals surface area (Å²) in [5.74, 6) is 0.311. The van der Waals surface area contributed by atoms with Gasteiger partial charge in [-0.3, -0.25) is 5.41 Å². The van der Waals surface area contributed by atoms with Crippen molar-refractivity contribution in [3.8, 4) is 0 Å². The normalized spacial score (nSPS) is 13.0. The Bertz CT molecular complexity index is 652. The lowest BCUT2D eigenvalue weighted by molar-refractivity contribution is -0.00176. The number of hydrogen-bond acceptors (Lipinski definition) is 3. The van der Waals surface area contributed by atoms with Crippen molar-refractivity contribution in [1.29, 1.82) is 5.41 Å². The molecular formula is C18H24N4O2. The van der Waals surface area contributed by atoms with Gasteiger partial charge in [0, 0.05) is 12.8 Å². The number of aliphatic imine (C=N–C) groups is 1. The second kappa shape index (κ2) is 9.64. The Balaban J connectivity index is 1.77. The molecule has 2 rings (SSSR count). The molecule has 6 nitrogen and oxygen atoms in total. The van der Waals surface area contributed by atoms with Crippen molar-refractivity contribution < 1.29 is 9.47 Å². The van der Waals surface area contributed by atoms with E-state index in [2.05, 4.69) is 9.98 Å². The van der Waals surface area contributed by atoms with Crippen LogP contribution in [0.1, 0.15) is 23.4 Å². The summed E-state index contributed by atoms with van der Waals surface area (Å²) in [7, 11) is 1.70. The number of aromatic amines is 1. The summed E-state index contributed by atoms with van der Waals surface area (Å²) in [6.45, 7) is 1.14. The number of benzene rings is 1. The average molecular weight is 328 g/mol. The highest BCUT2D eigenvalue weighted by Crippen LogP contribution is 2.09. The van der Waals surface area contributed by atoms with E-state index in [1.165, 1.54) is 0 Å². The number of nitrogens with one attached hydrogen (secondary N) is 2. The second-order valence-corrected chi connectivity index (χ2v) is 5.44. The molecule has 1 atom stereocenters. The monoisotopic (exact) mass is 328 g/mol. The van der Waals surface area contributed by atoms with E-state index in [-0.39, 0.29) is 6.10 Å². The van der Waals surface area contributed by atoms with Crippen LogP contribution in [0.15, 0.2) is 47.5 Å². The molecular weight excluding hydrogens is 304 g/mol. The van der Waals surface area contributed by atoms with Gasteiger partial charge in [-0.15, -0.1) is 0 Å². The van der Waals surface area contributed by atoms with E-state index in [4.69, 9.17) is 20.6 Å². The quantitative estimate of drug-likeness (QED) is 0.462. The molecule has 0 radical (unpaired) electrons. The molecule has 0 saturated heterocycles. The fourth-order valence-corrected chi connectivity index (χ4v) is 2.34. The molecule has 1 unspecified atom stereocenters. The Morgan fingerprint density at radius 3 is 2.79 bits per heavy atom. The molecule has 1 aromatic carbocycles. The zero-order chi connectivity index (χ0) is 17.2. The summed E-state index contributed by atoms with van der Waals surface area (Å²) in [5, 5.41) is 6.94. The van der Waals surface area contributed by atoms with E-state index in [1.54, 1.807) is 7.11 Å². The topological polar surface area (TPSA) is 96.5 Å². The van der Waals surface area contributed by atoms with Crippen LogP contribution in [0.4, 0.5) is 0 Å². The van der Waals surface area contributed by atoms with Gasteiger partial charge < -0.3 is 20.2 Å². The highest BCUT2D eigenvalue weighted by Gasteiger charge is 2.10. The van der Waals surface area contributed by atoms with Gasteiger partial charge >= 0.3 is 0 Å². The average Bonchev–Trinajstić information content (AvgIpc) is 3.08. The van der Waals surface area contributed by atoms with Gasteiger partial charge in [-0.05, 0) is 30.5 Å². The SMILES string of the molecule is COC(CCc1ccc(C(N)=NC=N)[nH]1)COCc1ccccc1. The van der Waals surface area contributed by atoms with Crippen LogP contribution in [0.3, 0.4) is 0 Å². The first-order chi connectivity index (χ1) is 11.7. The van der Waals surface area contributed by atoms with Crippen molar-refractivity contribution in [2.45, 2.75) is 25.6 Å². The number of aromatic nitrogens is 1. The predicted molar refractivity (Wildman–Crippen MR) is 95.5 cm³/mol. The molecule has 0 aliphatic rings. The molecule has 0 aliphatic carbocycles. The minimum Gasteiger partial charge on any atom is -0.382 e. The first kappa shape index (κ1) is 17.9. The number of nitrogens with zero attached hydrogens (tertiary/aromatic N) is 1. The minimum atomic E-state index is 0.0352.